The normalized spacial score (nSPS) is 14.1. The van der Waals surface area contributed by atoms with Gasteiger partial charge in [-0.15, -0.1) is 6.58 Å². The molecule has 0 aromatic heterocycles. The van der Waals surface area contributed by atoms with Crippen molar-refractivity contribution in [1.82, 2.24) is 0 Å². The van der Waals surface area contributed by atoms with Crippen molar-refractivity contribution in [2.24, 2.45) is 0 Å². The average molecular weight is 262 g/mol. The van der Waals surface area contributed by atoms with Crippen molar-refractivity contribution in [2.45, 2.75) is 19.8 Å². The summed E-state index contributed by atoms with van der Waals surface area (Å²) in [6.45, 7) is 5.64. The molecule has 1 aliphatic carbocycles. The van der Waals surface area contributed by atoms with Crippen LogP contribution >= 0.6 is 15.9 Å². The second-order valence-electron chi connectivity index (χ2n) is 2.41. The fourth-order valence-corrected chi connectivity index (χ4v) is 1.47. The van der Waals surface area contributed by atoms with Crippen LogP contribution < -0.4 is 0 Å². The predicted octanol–water partition coefficient (Wildman–Crippen LogP) is 3.72. The van der Waals surface area contributed by atoms with Gasteiger partial charge in [-0.2, -0.15) is 0 Å². The minimum absolute atomic E-state index is 0.896. The third-order valence-corrected chi connectivity index (χ3v) is 2.80. The number of halogens is 1. The van der Waals surface area contributed by atoms with Gasteiger partial charge in [-0.3, -0.25) is 0 Å². The first-order chi connectivity index (χ1) is 5.76. The van der Waals surface area contributed by atoms with Crippen molar-refractivity contribution < 1.29 is 20.4 Å². The number of allylic oxidation sites excluding steroid dienone is 5. The summed E-state index contributed by atoms with van der Waals surface area (Å²) in [5, 5.41) is 0.896. The molecule has 0 aromatic carbocycles. The van der Waals surface area contributed by atoms with Gasteiger partial charge in [0.25, 0.3) is 0 Å². The Bertz CT molecular complexity index is 192. The van der Waals surface area contributed by atoms with Crippen LogP contribution in [0, 0.1) is 0 Å². The standard InChI is InChI=1S/C7H9.C3H5Br.Ti/c1-2-7-5-3-4-6-7;1-2-3-4;/h3,5H,2,4H2,1H3;2H,1,3H2;. The van der Waals surface area contributed by atoms with Crippen LogP contribution in [0.4, 0.5) is 0 Å². The molecule has 65 valence electrons. The number of hydrogen-bond donors (Lipinski definition) is 0. The summed E-state index contributed by atoms with van der Waals surface area (Å²) >= 11 is 5.34. The fraction of sp³-hybridized carbons (Fsp3) is 0.400. The fourth-order valence-electron chi connectivity index (χ4n) is 0.882. The van der Waals surface area contributed by atoms with E-state index in [0.29, 0.717) is 0 Å². The first-order valence-corrected chi connectivity index (χ1v) is 5.93. The average Bonchev–Trinajstić information content (AvgIpc) is 2.51. The summed E-state index contributed by atoms with van der Waals surface area (Å²) in [6.07, 6.45) is 8.63. The summed E-state index contributed by atoms with van der Waals surface area (Å²) in [5.74, 6) is 0. The first kappa shape index (κ1) is 12.4. The molecule has 12 heavy (non-hydrogen) atoms. The van der Waals surface area contributed by atoms with Gasteiger partial charge in [-0.1, -0.05) is 22.0 Å². The third kappa shape index (κ3) is 5.13. The zero-order valence-electron chi connectivity index (χ0n) is 7.44. The van der Waals surface area contributed by atoms with Gasteiger partial charge in [0.05, 0.1) is 0 Å². The molecule has 0 aromatic rings. The molecule has 0 saturated carbocycles. The van der Waals surface area contributed by atoms with E-state index in [1.165, 1.54) is 18.4 Å². The maximum atomic E-state index is 3.43. The van der Waals surface area contributed by atoms with Gasteiger partial charge in [-0.05, 0) is 0 Å². The van der Waals surface area contributed by atoms with Gasteiger partial charge >= 0.3 is 61.8 Å². The molecule has 0 amide bonds. The Morgan fingerprint density at radius 1 is 1.75 bits per heavy atom. The molecule has 0 saturated heterocycles. The van der Waals surface area contributed by atoms with Gasteiger partial charge in [0.15, 0.2) is 0 Å². The van der Waals surface area contributed by atoms with Crippen LogP contribution in [0.15, 0.2) is 34.3 Å². The summed E-state index contributed by atoms with van der Waals surface area (Å²) in [6, 6.07) is 0. The van der Waals surface area contributed by atoms with Gasteiger partial charge in [-0.25, -0.2) is 0 Å². The summed E-state index contributed by atoms with van der Waals surface area (Å²) < 4.78 is 1.55. The topological polar surface area (TPSA) is 0 Å². The van der Waals surface area contributed by atoms with Gasteiger partial charge in [0.1, 0.15) is 0 Å². The molecule has 0 fully saturated rings. The molecule has 0 N–H and O–H groups in total. The summed E-state index contributed by atoms with van der Waals surface area (Å²) in [4.78, 5) is 0. The van der Waals surface area contributed by atoms with E-state index in [2.05, 4.69) is 62.0 Å². The molecular weight excluding hydrogens is 248 g/mol. The quantitative estimate of drug-likeness (QED) is 0.404. The molecule has 2 heteroatoms. The monoisotopic (exact) mass is 261 g/mol. The van der Waals surface area contributed by atoms with E-state index in [1.807, 2.05) is 0 Å². The minimum atomic E-state index is 0.896. The van der Waals surface area contributed by atoms with Crippen molar-refractivity contribution in [1.29, 1.82) is 0 Å². The summed E-state index contributed by atoms with van der Waals surface area (Å²) in [5.41, 5.74) is 1.53. The number of hydrogen-bond acceptors (Lipinski definition) is 0. The van der Waals surface area contributed by atoms with Gasteiger partial charge in [0, 0.05) is 5.33 Å². The molecule has 0 spiro atoms. The van der Waals surface area contributed by atoms with E-state index in [4.69, 9.17) is 0 Å². The van der Waals surface area contributed by atoms with E-state index in [9.17, 15) is 0 Å². The molecule has 0 radical (unpaired) electrons. The molecule has 1 rings (SSSR count). The van der Waals surface area contributed by atoms with Crippen LogP contribution in [0.3, 0.4) is 0 Å². The predicted molar refractivity (Wildman–Crippen MR) is 55.1 cm³/mol. The zero-order chi connectivity index (χ0) is 9.40. The molecule has 0 heterocycles. The summed E-state index contributed by atoms with van der Waals surface area (Å²) in [7, 11) is 0. The molecule has 0 bridgehead atoms. The van der Waals surface area contributed by atoms with E-state index in [0.717, 1.165) is 5.33 Å². The Morgan fingerprint density at radius 2 is 2.33 bits per heavy atom. The first-order valence-electron chi connectivity index (χ1n) is 4.03. The van der Waals surface area contributed by atoms with Crippen molar-refractivity contribution in [2.75, 3.05) is 5.33 Å². The molecule has 1 aliphatic rings. The second kappa shape index (κ2) is 8.03. The van der Waals surface area contributed by atoms with E-state index < -0.39 is 0 Å². The molecule has 0 atom stereocenters. The zero-order valence-corrected chi connectivity index (χ0v) is 10.6. The molecular formula is C10H14BrTi. The van der Waals surface area contributed by atoms with E-state index in [1.54, 1.807) is 9.95 Å². The number of alkyl halides is 1. The van der Waals surface area contributed by atoms with E-state index >= 15 is 0 Å². The van der Waals surface area contributed by atoms with Crippen molar-refractivity contribution in [3.8, 4) is 0 Å². The van der Waals surface area contributed by atoms with E-state index in [-0.39, 0.29) is 0 Å². The van der Waals surface area contributed by atoms with Gasteiger partial charge < -0.3 is 0 Å². The van der Waals surface area contributed by atoms with Crippen LogP contribution in [0.2, 0.25) is 0 Å². The maximum absolute atomic E-state index is 3.43. The van der Waals surface area contributed by atoms with Crippen LogP contribution in [-0.2, 0) is 20.4 Å². The Kier molecular flexibility index (Phi) is 8.31. The van der Waals surface area contributed by atoms with Crippen LogP contribution in [0.5, 0.6) is 0 Å². The molecule has 0 unspecified atom stereocenters. The Hall–Kier alpha value is 0.414. The molecule has 0 aliphatic heterocycles. The molecule has 0 nitrogen and oxygen atoms in total. The Balaban J connectivity index is 0.000000261. The third-order valence-electron chi connectivity index (χ3n) is 1.52. The van der Waals surface area contributed by atoms with Crippen molar-refractivity contribution in [3.05, 3.63) is 34.3 Å². The van der Waals surface area contributed by atoms with Crippen LogP contribution in [0.1, 0.15) is 19.8 Å². The van der Waals surface area contributed by atoms with Crippen LogP contribution in [0.25, 0.3) is 0 Å². The van der Waals surface area contributed by atoms with Gasteiger partial charge in [0.2, 0.25) is 0 Å². The van der Waals surface area contributed by atoms with Crippen LogP contribution in [-0.4, -0.2) is 5.33 Å². The SMILES string of the molecule is C=CCBr.CCC1=[C]([Ti])CC=C1. The second-order valence-corrected chi connectivity index (χ2v) is 4.00. The number of rotatable bonds is 2. The van der Waals surface area contributed by atoms with Crippen molar-refractivity contribution in [3.63, 3.8) is 0 Å². The Morgan fingerprint density at radius 3 is 2.50 bits per heavy atom. The Labute approximate surface area is 95.3 Å². The van der Waals surface area contributed by atoms with Crippen molar-refractivity contribution >= 4 is 15.9 Å².